The van der Waals surface area contributed by atoms with E-state index in [1.54, 1.807) is 7.11 Å². The zero-order valence-electron chi connectivity index (χ0n) is 17.1. The summed E-state index contributed by atoms with van der Waals surface area (Å²) in [4.78, 5) is 17.6. The standard InChI is InChI=1S/C23H31N3O2/c1-18(2)24-23(27)20(19-9-5-4-6-10-19)17-25-13-15-26(16-14-25)21-11-7-8-12-22(21)28-3/h4-12,18,20H,13-17H2,1-3H3,(H,24,27)/t20-/m1/s1. The molecular formula is C23H31N3O2. The van der Waals surface area contributed by atoms with Gasteiger partial charge in [0.2, 0.25) is 5.91 Å². The van der Waals surface area contributed by atoms with E-state index in [2.05, 4.69) is 33.3 Å². The molecular weight excluding hydrogens is 350 g/mol. The largest absolute Gasteiger partial charge is 0.495 e. The van der Waals surface area contributed by atoms with Gasteiger partial charge in [-0.25, -0.2) is 0 Å². The molecule has 0 radical (unpaired) electrons. The Labute approximate surface area is 168 Å². The van der Waals surface area contributed by atoms with E-state index >= 15 is 0 Å². The molecule has 1 aliphatic rings. The van der Waals surface area contributed by atoms with Crippen LogP contribution in [-0.2, 0) is 4.79 Å². The number of rotatable bonds is 7. The summed E-state index contributed by atoms with van der Waals surface area (Å²) in [5.74, 6) is 0.865. The SMILES string of the molecule is COc1ccccc1N1CCN(C[C@@H](C(=O)NC(C)C)c2ccccc2)CC1. The van der Waals surface area contributed by atoms with Gasteiger partial charge in [-0.3, -0.25) is 9.69 Å². The summed E-state index contributed by atoms with van der Waals surface area (Å²) in [6, 6.07) is 18.4. The Morgan fingerprint density at radius 1 is 1.00 bits per heavy atom. The van der Waals surface area contributed by atoms with E-state index in [0.29, 0.717) is 0 Å². The number of ether oxygens (including phenoxy) is 1. The molecule has 1 fully saturated rings. The van der Waals surface area contributed by atoms with Crippen molar-refractivity contribution >= 4 is 11.6 Å². The molecule has 2 aromatic rings. The van der Waals surface area contributed by atoms with Gasteiger partial charge in [-0.1, -0.05) is 42.5 Å². The van der Waals surface area contributed by atoms with Crippen molar-refractivity contribution in [1.29, 1.82) is 0 Å². The van der Waals surface area contributed by atoms with Gasteiger partial charge in [0, 0.05) is 38.8 Å². The van der Waals surface area contributed by atoms with Crippen molar-refractivity contribution in [2.45, 2.75) is 25.8 Å². The quantitative estimate of drug-likeness (QED) is 0.800. The Morgan fingerprint density at radius 3 is 2.29 bits per heavy atom. The normalized spacial score (nSPS) is 16.1. The lowest BCUT2D eigenvalue weighted by Crippen LogP contribution is -2.49. The Balaban J connectivity index is 1.66. The van der Waals surface area contributed by atoms with Crippen LogP contribution in [0.4, 0.5) is 5.69 Å². The average molecular weight is 382 g/mol. The fourth-order valence-corrected chi connectivity index (χ4v) is 3.73. The molecule has 1 saturated heterocycles. The van der Waals surface area contributed by atoms with E-state index in [1.807, 2.05) is 50.2 Å². The third-order valence-corrected chi connectivity index (χ3v) is 5.19. The number of hydrogen-bond acceptors (Lipinski definition) is 4. The number of nitrogens with zero attached hydrogens (tertiary/aromatic N) is 2. The summed E-state index contributed by atoms with van der Waals surface area (Å²) < 4.78 is 5.51. The molecule has 0 aromatic heterocycles. The van der Waals surface area contributed by atoms with Crippen LogP contribution >= 0.6 is 0 Å². The number of nitrogens with one attached hydrogen (secondary N) is 1. The number of benzene rings is 2. The number of amides is 1. The molecule has 5 heteroatoms. The fraction of sp³-hybridized carbons (Fsp3) is 0.435. The molecule has 0 spiro atoms. The van der Waals surface area contributed by atoms with E-state index in [1.165, 1.54) is 0 Å². The molecule has 28 heavy (non-hydrogen) atoms. The van der Waals surface area contributed by atoms with Gasteiger partial charge in [0.15, 0.2) is 0 Å². The minimum absolute atomic E-state index is 0.105. The first kappa shape index (κ1) is 20.2. The van der Waals surface area contributed by atoms with Crippen molar-refractivity contribution in [2.75, 3.05) is 44.7 Å². The third-order valence-electron chi connectivity index (χ3n) is 5.19. The first-order valence-corrected chi connectivity index (χ1v) is 10.0. The smallest absolute Gasteiger partial charge is 0.229 e. The minimum Gasteiger partial charge on any atom is -0.495 e. The molecule has 1 N–H and O–H groups in total. The van der Waals surface area contributed by atoms with Crippen LogP contribution in [0.3, 0.4) is 0 Å². The number of carbonyl (C=O) groups excluding carboxylic acids is 1. The molecule has 1 heterocycles. The number of anilines is 1. The van der Waals surface area contributed by atoms with Crippen molar-refractivity contribution in [1.82, 2.24) is 10.2 Å². The highest BCUT2D eigenvalue weighted by Gasteiger charge is 2.26. The highest BCUT2D eigenvalue weighted by atomic mass is 16.5. The van der Waals surface area contributed by atoms with Gasteiger partial charge in [-0.2, -0.15) is 0 Å². The molecule has 5 nitrogen and oxygen atoms in total. The van der Waals surface area contributed by atoms with Crippen LogP contribution in [0.5, 0.6) is 5.75 Å². The summed E-state index contributed by atoms with van der Waals surface area (Å²) in [6.45, 7) is 8.45. The Morgan fingerprint density at radius 2 is 1.64 bits per heavy atom. The first-order chi connectivity index (χ1) is 13.6. The predicted octanol–water partition coefficient (Wildman–Crippen LogP) is 3.13. The number of carbonyl (C=O) groups is 1. The Kier molecular flexibility index (Phi) is 6.93. The molecule has 3 rings (SSSR count). The van der Waals surface area contributed by atoms with Gasteiger partial charge < -0.3 is 15.0 Å². The van der Waals surface area contributed by atoms with E-state index in [-0.39, 0.29) is 17.9 Å². The summed E-state index contributed by atoms with van der Waals surface area (Å²) >= 11 is 0. The van der Waals surface area contributed by atoms with E-state index in [9.17, 15) is 4.79 Å². The second kappa shape index (κ2) is 9.60. The zero-order valence-corrected chi connectivity index (χ0v) is 17.1. The van der Waals surface area contributed by atoms with Crippen LogP contribution in [0.2, 0.25) is 0 Å². The molecule has 1 aliphatic heterocycles. The Hall–Kier alpha value is -2.53. The van der Waals surface area contributed by atoms with Crippen molar-refractivity contribution in [3.8, 4) is 5.75 Å². The van der Waals surface area contributed by atoms with Gasteiger partial charge in [0.1, 0.15) is 5.75 Å². The van der Waals surface area contributed by atoms with Crippen LogP contribution < -0.4 is 15.0 Å². The second-order valence-electron chi connectivity index (χ2n) is 7.59. The fourth-order valence-electron chi connectivity index (χ4n) is 3.73. The van der Waals surface area contributed by atoms with Gasteiger partial charge in [-0.15, -0.1) is 0 Å². The zero-order chi connectivity index (χ0) is 19.9. The van der Waals surface area contributed by atoms with Crippen molar-refractivity contribution < 1.29 is 9.53 Å². The van der Waals surface area contributed by atoms with Gasteiger partial charge >= 0.3 is 0 Å². The molecule has 2 aromatic carbocycles. The summed E-state index contributed by atoms with van der Waals surface area (Å²) in [6.07, 6.45) is 0. The number of piperazine rings is 1. The maximum absolute atomic E-state index is 12.8. The van der Waals surface area contributed by atoms with Crippen LogP contribution in [0.1, 0.15) is 25.3 Å². The summed E-state index contributed by atoms with van der Waals surface area (Å²) in [5, 5.41) is 3.09. The topological polar surface area (TPSA) is 44.8 Å². The lowest BCUT2D eigenvalue weighted by molar-refractivity contribution is -0.123. The number of hydrogen-bond donors (Lipinski definition) is 1. The highest BCUT2D eigenvalue weighted by Crippen LogP contribution is 2.28. The Bertz CT molecular complexity index is 755. The van der Waals surface area contributed by atoms with E-state index in [4.69, 9.17) is 4.74 Å². The second-order valence-corrected chi connectivity index (χ2v) is 7.59. The lowest BCUT2D eigenvalue weighted by atomic mass is 9.96. The van der Waals surface area contributed by atoms with Crippen molar-refractivity contribution in [3.05, 3.63) is 60.2 Å². The molecule has 0 unspecified atom stereocenters. The van der Waals surface area contributed by atoms with E-state index in [0.717, 1.165) is 49.7 Å². The summed E-state index contributed by atoms with van der Waals surface area (Å²) in [7, 11) is 1.72. The van der Waals surface area contributed by atoms with Crippen molar-refractivity contribution in [3.63, 3.8) is 0 Å². The van der Waals surface area contributed by atoms with Crippen LogP contribution in [-0.4, -0.2) is 56.7 Å². The highest BCUT2D eigenvalue weighted by molar-refractivity contribution is 5.84. The molecule has 0 saturated carbocycles. The van der Waals surface area contributed by atoms with Gasteiger partial charge in [0.25, 0.3) is 0 Å². The molecule has 150 valence electrons. The number of methoxy groups -OCH3 is 1. The van der Waals surface area contributed by atoms with Crippen molar-refractivity contribution in [2.24, 2.45) is 0 Å². The number of para-hydroxylation sites is 2. The summed E-state index contributed by atoms with van der Waals surface area (Å²) in [5.41, 5.74) is 2.22. The average Bonchev–Trinajstić information content (AvgIpc) is 2.72. The maximum Gasteiger partial charge on any atom is 0.229 e. The molecule has 0 aliphatic carbocycles. The van der Waals surface area contributed by atoms with Crippen LogP contribution in [0, 0.1) is 0 Å². The maximum atomic E-state index is 12.8. The van der Waals surface area contributed by atoms with Crippen LogP contribution in [0.15, 0.2) is 54.6 Å². The minimum atomic E-state index is -0.151. The molecule has 1 atom stereocenters. The third kappa shape index (κ3) is 5.04. The van der Waals surface area contributed by atoms with Gasteiger partial charge in [0.05, 0.1) is 18.7 Å². The first-order valence-electron chi connectivity index (χ1n) is 10.0. The van der Waals surface area contributed by atoms with E-state index < -0.39 is 0 Å². The van der Waals surface area contributed by atoms with Gasteiger partial charge in [-0.05, 0) is 31.5 Å². The van der Waals surface area contributed by atoms with Crippen LogP contribution in [0.25, 0.3) is 0 Å². The predicted molar refractivity (Wildman–Crippen MR) is 114 cm³/mol. The monoisotopic (exact) mass is 381 g/mol. The molecule has 0 bridgehead atoms. The lowest BCUT2D eigenvalue weighted by Gasteiger charge is -2.38. The molecule has 1 amide bonds.